The SMILES string of the molecule is O=C1C=C(O)C2=CC=CCC2=N1. The molecule has 0 atom stereocenters. The maximum Gasteiger partial charge on any atom is 0.273 e. The Balaban J connectivity index is 2.50. The van der Waals surface area contributed by atoms with E-state index in [1.807, 2.05) is 12.2 Å². The zero-order valence-corrected chi connectivity index (χ0v) is 6.32. The van der Waals surface area contributed by atoms with Gasteiger partial charge in [0.05, 0.1) is 5.71 Å². The third-order valence-electron chi connectivity index (χ3n) is 1.80. The van der Waals surface area contributed by atoms with E-state index in [1.54, 1.807) is 6.08 Å². The number of fused-ring (bicyclic) bond motifs is 1. The van der Waals surface area contributed by atoms with E-state index >= 15 is 0 Å². The molecule has 0 saturated carbocycles. The number of nitrogens with zero attached hydrogens (tertiary/aromatic N) is 1. The molecule has 0 radical (unpaired) electrons. The molecule has 60 valence electrons. The first-order chi connectivity index (χ1) is 5.77. The Morgan fingerprint density at radius 1 is 1.50 bits per heavy atom. The first-order valence-corrected chi connectivity index (χ1v) is 3.67. The highest BCUT2D eigenvalue weighted by Crippen LogP contribution is 2.20. The summed E-state index contributed by atoms with van der Waals surface area (Å²) in [6.45, 7) is 0. The van der Waals surface area contributed by atoms with Crippen molar-refractivity contribution >= 4 is 11.6 Å². The third-order valence-corrected chi connectivity index (χ3v) is 1.80. The van der Waals surface area contributed by atoms with Crippen molar-refractivity contribution in [2.24, 2.45) is 4.99 Å². The van der Waals surface area contributed by atoms with Gasteiger partial charge < -0.3 is 5.11 Å². The Bertz CT molecular complexity index is 359. The summed E-state index contributed by atoms with van der Waals surface area (Å²) >= 11 is 0. The van der Waals surface area contributed by atoms with Gasteiger partial charge in [-0.2, -0.15) is 0 Å². The van der Waals surface area contributed by atoms with Crippen molar-refractivity contribution in [3.8, 4) is 0 Å². The van der Waals surface area contributed by atoms with Crippen LogP contribution in [-0.2, 0) is 4.79 Å². The molecular weight excluding hydrogens is 154 g/mol. The molecule has 3 nitrogen and oxygen atoms in total. The summed E-state index contributed by atoms with van der Waals surface area (Å²) in [6.07, 6.45) is 7.24. The molecule has 2 rings (SSSR count). The number of aliphatic hydroxyl groups is 1. The second kappa shape index (κ2) is 2.44. The molecule has 1 amide bonds. The van der Waals surface area contributed by atoms with Gasteiger partial charge in [-0.3, -0.25) is 4.79 Å². The Morgan fingerprint density at radius 3 is 3.17 bits per heavy atom. The lowest BCUT2D eigenvalue weighted by Gasteiger charge is -2.13. The summed E-state index contributed by atoms with van der Waals surface area (Å²) in [5.41, 5.74) is 1.32. The minimum Gasteiger partial charge on any atom is -0.507 e. The number of rotatable bonds is 0. The zero-order valence-electron chi connectivity index (χ0n) is 6.32. The minimum atomic E-state index is -0.380. The quantitative estimate of drug-likeness (QED) is 0.582. The molecule has 0 aromatic carbocycles. The first kappa shape index (κ1) is 7.03. The van der Waals surface area contributed by atoms with Crippen molar-refractivity contribution in [3.05, 3.63) is 35.6 Å². The highest BCUT2D eigenvalue weighted by molar-refractivity contribution is 6.15. The molecule has 0 saturated heterocycles. The van der Waals surface area contributed by atoms with E-state index in [0.29, 0.717) is 17.7 Å². The van der Waals surface area contributed by atoms with Crippen molar-refractivity contribution in [3.63, 3.8) is 0 Å². The van der Waals surface area contributed by atoms with Crippen molar-refractivity contribution in [1.29, 1.82) is 0 Å². The lowest BCUT2D eigenvalue weighted by molar-refractivity contribution is -0.113. The summed E-state index contributed by atoms with van der Waals surface area (Å²) < 4.78 is 0. The molecule has 0 spiro atoms. The number of allylic oxidation sites excluding steroid dienone is 4. The summed E-state index contributed by atoms with van der Waals surface area (Å²) in [7, 11) is 0. The van der Waals surface area contributed by atoms with Crippen molar-refractivity contribution < 1.29 is 9.90 Å². The van der Waals surface area contributed by atoms with Gasteiger partial charge in [0.1, 0.15) is 5.76 Å². The van der Waals surface area contributed by atoms with Crippen LogP contribution in [0.15, 0.2) is 40.6 Å². The van der Waals surface area contributed by atoms with Crippen molar-refractivity contribution in [2.45, 2.75) is 6.42 Å². The maximum atomic E-state index is 10.9. The number of amides is 1. The standard InChI is InChI=1S/C9H7NO2/c11-8-5-9(12)10-7-4-2-1-3-6(7)8/h1-3,5,11H,4H2. The molecule has 3 heteroatoms. The van der Waals surface area contributed by atoms with E-state index in [2.05, 4.69) is 4.99 Å². The maximum absolute atomic E-state index is 10.9. The van der Waals surface area contributed by atoms with Gasteiger partial charge in [0.25, 0.3) is 5.91 Å². The molecule has 0 bridgehead atoms. The van der Waals surface area contributed by atoms with Gasteiger partial charge in [-0.15, -0.1) is 0 Å². The fourth-order valence-electron chi connectivity index (χ4n) is 1.25. The zero-order chi connectivity index (χ0) is 8.55. The molecule has 1 aliphatic carbocycles. The minimum absolute atomic E-state index is 0.0225. The van der Waals surface area contributed by atoms with Crippen LogP contribution in [0.5, 0.6) is 0 Å². The normalized spacial score (nSPS) is 21.0. The van der Waals surface area contributed by atoms with Gasteiger partial charge in [0.15, 0.2) is 0 Å². The van der Waals surface area contributed by atoms with Gasteiger partial charge in [-0.05, 0) is 6.08 Å². The lowest BCUT2D eigenvalue weighted by atomic mass is 9.98. The van der Waals surface area contributed by atoms with Gasteiger partial charge in [-0.25, -0.2) is 4.99 Å². The second-order valence-electron chi connectivity index (χ2n) is 2.64. The van der Waals surface area contributed by atoms with Crippen LogP contribution in [0.1, 0.15) is 6.42 Å². The Morgan fingerprint density at radius 2 is 2.33 bits per heavy atom. The van der Waals surface area contributed by atoms with Gasteiger partial charge in [-0.1, -0.05) is 12.2 Å². The van der Waals surface area contributed by atoms with E-state index in [1.165, 1.54) is 0 Å². The number of carbonyl (C=O) groups excluding carboxylic acids is 1. The average Bonchev–Trinajstić information content (AvgIpc) is 2.04. The summed E-state index contributed by atoms with van der Waals surface area (Å²) in [5, 5.41) is 9.33. The predicted molar refractivity (Wildman–Crippen MR) is 45.0 cm³/mol. The molecular formula is C9H7NO2. The number of aliphatic hydroxyl groups excluding tert-OH is 1. The molecule has 2 aliphatic rings. The van der Waals surface area contributed by atoms with Gasteiger partial charge >= 0.3 is 0 Å². The van der Waals surface area contributed by atoms with Crippen molar-refractivity contribution in [2.75, 3.05) is 0 Å². The highest BCUT2D eigenvalue weighted by Gasteiger charge is 2.18. The van der Waals surface area contributed by atoms with Crippen LogP contribution >= 0.6 is 0 Å². The molecule has 1 heterocycles. The third kappa shape index (κ3) is 0.993. The number of hydrogen-bond donors (Lipinski definition) is 1. The summed E-state index contributed by atoms with van der Waals surface area (Å²) in [4.78, 5) is 14.6. The average molecular weight is 161 g/mol. The van der Waals surface area contributed by atoms with E-state index in [4.69, 9.17) is 0 Å². The molecule has 0 aromatic rings. The molecule has 1 aliphatic heterocycles. The predicted octanol–water partition coefficient (Wildman–Crippen LogP) is 1.30. The van der Waals surface area contributed by atoms with E-state index in [9.17, 15) is 9.90 Å². The fourth-order valence-corrected chi connectivity index (χ4v) is 1.25. The lowest BCUT2D eigenvalue weighted by Crippen LogP contribution is -2.14. The van der Waals surface area contributed by atoms with E-state index in [0.717, 1.165) is 6.08 Å². The largest absolute Gasteiger partial charge is 0.507 e. The molecule has 12 heavy (non-hydrogen) atoms. The van der Waals surface area contributed by atoms with Crippen LogP contribution in [0.25, 0.3) is 0 Å². The molecule has 0 fully saturated rings. The van der Waals surface area contributed by atoms with Crippen molar-refractivity contribution in [1.82, 2.24) is 0 Å². The Hall–Kier alpha value is -1.64. The van der Waals surface area contributed by atoms with Gasteiger partial charge in [0, 0.05) is 18.1 Å². The smallest absolute Gasteiger partial charge is 0.273 e. The van der Waals surface area contributed by atoms with Crippen LogP contribution < -0.4 is 0 Å². The van der Waals surface area contributed by atoms with Crippen LogP contribution in [0.3, 0.4) is 0 Å². The molecule has 0 aromatic heterocycles. The number of dihydropyridines is 1. The summed E-state index contributed by atoms with van der Waals surface area (Å²) in [6, 6.07) is 0. The Kier molecular flexibility index (Phi) is 1.43. The number of aliphatic imine (C=N–C) groups is 1. The highest BCUT2D eigenvalue weighted by atomic mass is 16.3. The first-order valence-electron chi connectivity index (χ1n) is 3.67. The van der Waals surface area contributed by atoms with Crippen LogP contribution in [-0.4, -0.2) is 16.7 Å². The van der Waals surface area contributed by atoms with Crippen LogP contribution in [0.4, 0.5) is 0 Å². The fraction of sp³-hybridized carbons (Fsp3) is 0.111. The van der Waals surface area contributed by atoms with Gasteiger partial charge in [0.2, 0.25) is 0 Å². The second-order valence-corrected chi connectivity index (χ2v) is 2.64. The Labute approximate surface area is 69.4 Å². The summed E-state index contributed by atoms with van der Waals surface area (Å²) in [5.74, 6) is -0.357. The van der Waals surface area contributed by atoms with Crippen LogP contribution in [0, 0.1) is 0 Å². The number of carbonyl (C=O) groups is 1. The van der Waals surface area contributed by atoms with E-state index < -0.39 is 0 Å². The monoisotopic (exact) mass is 161 g/mol. The van der Waals surface area contributed by atoms with Crippen LogP contribution in [0.2, 0.25) is 0 Å². The molecule has 0 unspecified atom stereocenters. The van der Waals surface area contributed by atoms with E-state index in [-0.39, 0.29) is 11.7 Å². The number of hydrogen-bond acceptors (Lipinski definition) is 2. The molecule has 1 N–H and O–H groups in total. The topological polar surface area (TPSA) is 49.7 Å².